The topological polar surface area (TPSA) is 102 Å². The molecule has 7 heteroatoms. The Morgan fingerprint density at radius 3 is 2.39 bits per heavy atom. The molecule has 0 unspecified atom stereocenters. The number of carbonyl (C=O) groups excluding carboxylic acids is 2. The quantitative estimate of drug-likeness (QED) is 0.504. The van der Waals surface area contributed by atoms with E-state index < -0.39 is 29.7 Å². The standard InChI is InChI=1S/C16H26O7/c1-4-21-14(18)12(17)13(15(19)22-5-2)23-10-8-11-7-6-9-16(11,3)20/h8,10-13,17,20H,4-7,9H2,1-3H3/b10-8+/t11-,12-,13-,16-/m1/s1. The normalized spacial score (nSPS) is 26.7. The van der Waals surface area contributed by atoms with E-state index in [2.05, 4.69) is 4.74 Å². The molecule has 1 aliphatic rings. The fourth-order valence-electron chi connectivity index (χ4n) is 2.54. The second-order valence-corrected chi connectivity index (χ2v) is 5.69. The highest BCUT2D eigenvalue weighted by molar-refractivity contribution is 5.85. The molecule has 0 spiro atoms. The first-order valence-corrected chi connectivity index (χ1v) is 7.89. The van der Waals surface area contributed by atoms with E-state index in [9.17, 15) is 19.8 Å². The minimum Gasteiger partial charge on any atom is -0.483 e. The largest absolute Gasteiger partial charge is 0.483 e. The van der Waals surface area contributed by atoms with E-state index in [1.165, 1.54) is 6.26 Å². The average Bonchev–Trinajstić information content (AvgIpc) is 2.82. The molecule has 7 nitrogen and oxygen atoms in total. The van der Waals surface area contributed by atoms with Gasteiger partial charge in [0.1, 0.15) is 0 Å². The van der Waals surface area contributed by atoms with Crippen molar-refractivity contribution in [2.45, 2.75) is 57.8 Å². The third-order valence-corrected chi connectivity index (χ3v) is 3.87. The Balaban J connectivity index is 2.73. The van der Waals surface area contributed by atoms with E-state index in [1.54, 1.807) is 26.8 Å². The number of aliphatic hydroxyl groups is 2. The van der Waals surface area contributed by atoms with Gasteiger partial charge >= 0.3 is 11.9 Å². The molecule has 0 radical (unpaired) electrons. The predicted octanol–water partition coefficient (Wildman–Crippen LogP) is 0.923. The first kappa shape index (κ1) is 19.4. The number of rotatable bonds is 8. The molecular weight excluding hydrogens is 304 g/mol. The van der Waals surface area contributed by atoms with Crippen LogP contribution in [-0.2, 0) is 23.8 Å². The molecular formula is C16H26O7. The molecule has 0 aromatic heterocycles. The van der Waals surface area contributed by atoms with Crippen LogP contribution in [0.15, 0.2) is 12.3 Å². The summed E-state index contributed by atoms with van der Waals surface area (Å²) in [6.07, 6.45) is 1.98. The molecule has 0 aromatic carbocycles. The number of esters is 2. The Labute approximate surface area is 136 Å². The first-order chi connectivity index (χ1) is 10.8. The highest BCUT2D eigenvalue weighted by atomic mass is 16.6. The maximum Gasteiger partial charge on any atom is 0.350 e. The summed E-state index contributed by atoms with van der Waals surface area (Å²) < 4.78 is 14.7. The lowest BCUT2D eigenvalue weighted by Gasteiger charge is -2.23. The predicted molar refractivity (Wildman–Crippen MR) is 81.3 cm³/mol. The molecule has 0 aliphatic heterocycles. The summed E-state index contributed by atoms with van der Waals surface area (Å²) in [5.74, 6) is -1.91. The molecule has 1 aliphatic carbocycles. The van der Waals surface area contributed by atoms with Crippen LogP contribution in [0, 0.1) is 5.92 Å². The third kappa shape index (κ3) is 5.51. The van der Waals surface area contributed by atoms with Gasteiger partial charge in [-0.3, -0.25) is 0 Å². The second-order valence-electron chi connectivity index (χ2n) is 5.69. The molecule has 1 rings (SSSR count). The Bertz CT molecular complexity index is 430. The van der Waals surface area contributed by atoms with Gasteiger partial charge in [0.15, 0.2) is 6.10 Å². The van der Waals surface area contributed by atoms with Gasteiger partial charge in [-0.25, -0.2) is 9.59 Å². The van der Waals surface area contributed by atoms with Crippen LogP contribution in [0.3, 0.4) is 0 Å². The zero-order valence-electron chi connectivity index (χ0n) is 13.9. The zero-order chi connectivity index (χ0) is 17.5. The summed E-state index contributed by atoms with van der Waals surface area (Å²) in [4.78, 5) is 23.4. The van der Waals surface area contributed by atoms with Crippen molar-refractivity contribution < 1.29 is 34.0 Å². The van der Waals surface area contributed by atoms with Crippen molar-refractivity contribution >= 4 is 11.9 Å². The molecule has 132 valence electrons. The van der Waals surface area contributed by atoms with Gasteiger partial charge in [-0.1, -0.05) is 0 Å². The molecule has 4 atom stereocenters. The lowest BCUT2D eigenvalue weighted by molar-refractivity contribution is -0.173. The summed E-state index contributed by atoms with van der Waals surface area (Å²) in [6.45, 7) is 5.11. The SMILES string of the molecule is CCOC(=O)[C@H](O)[C@@H](O/C=C/[C@H]1CCC[C@@]1(C)O)C(=O)OCC. The van der Waals surface area contributed by atoms with Gasteiger partial charge in [0.2, 0.25) is 6.10 Å². The molecule has 23 heavy (non-hydrogen) atoms. The van der Waals surface area contributed by atoms with Gasteiger partial charge in [-0.2, -0.15) is 0 Å². The lowest BCUT2D eigenvalue weighted by atomic mass is 9.93. The first-order valence-electron chi connectivity index (χ1n) is 7.89. The van der Waals surface area contributed by atoms with Gasteiger partial charge in [-0.05, 0) is 46.1 Å². The van der Waals surface area contributed by atoms with E-state index in [1.807, 2.05) is 0 Å². The van der Waals surface area contributed by atoms with Gasteiger partial charge in [0.05, 0.1) is 25.1 Å². The number of ether oxygens (including phenoxy) is 3. The molecule has 0 saturated heterocycles. The summed E-state index contributed by atoms with van der Waals surface area (Å²) in [5, 5.41) is 20.1. The Morgan fingerprint density at radius 1 is 1.26 bits per heavy atom. The van der Waals surface area contributed by atoms with Crippen LogP contribution in [0.2, 0.25) is 0 Å². The van der Waals surface area contributed by atoms with Crippen molar-refractivity contribution in [3.05, 3.63) is 12.3 Å². The van der Waals surface area contributed by atoms with Crippen molar-refractivity contribution in [2.75, 3.05) is 13.2 Å². The van der Waals surface area contributed by atoms with Gasteiger partial charge in [0.25, 0.3) is 0 Å². The van der Waals surface area contributed by atoms with E-state index >= 15 is 0 Å². The van der Waals surface area contributed by atoms with Gasteiger partial charge in [-0.15, -0.1) is 0 Å². The lowest BCUT2D eigenvalue weighted by Crippen LogP contribution is -2.43. The van der Waals surface area contributed by atoms with Crippen molar-refractivity contribution in [3.63, 3.8) is 0 Å². The Kier molecular flexibility index (Phi) is 7.51. The number of hydrogen-bond acceptors (Lipinski definition) is 7. The highest BCUT2D eigenvalue weighted by Crippen LogP contribution is 2.36. The summed E-state index contributed by atoms with van der Waals surface area (Å²) in [6, 6.07) is 0. The van der Waals surface area contributed by atoms with Crippen LogP contribution in [0.25, 0.3) is 0 Å². The van der Waals surface area contributed by atoms with E-state index in [0.29, 0.717) is 6.42 Å². The summed E-state index contributed by atoms with van der Waals surface area (Å²) >= 11 is 0. The number of aliphatic hydroxyl groups excluding tert-OH is 1. The van der Waals surface area contributed by atoms with Crippen molar-refractivity contribution in [1.82, 2.24) is 0 Å². The zero-order valence-corrected chi connectivity index (χ0v) is 13.9. The molecule has 0 amide bonds. The van der Waals surface area contributed by atoms with Crippen LogP contribution in [-0.4, -0.2) is 53.2 Å². The minimum absolute atomic E-state index is 0.0756. The molecule has 2 N–H and O–H groups in total. The summed E-state index contributed by atoms with van der Waals surface area (Å²) in [7, 11) is 0. The van der Waals surface area contributed by atoms with E-state index in [4.69, 9.17) is 9.47 Å². The third-order valence-electron chi connectivity index (χ3n) is 3.87. The minimum atomic E-state index is -1.78. The monoisotopic (exact) mass is 330 g/mol. The van der Waals surface area contributed by atoms with Crippen LogP contribution >= 0.6 is 0 Å². The molecule has 0 aromatic rings. The Hall–Kier alpha value is -1.60. The van der Waals surface area contributed by atoms with Crippen molar-refractivity contribution in [2.24, 2.45) is 5.92 Å². The molecule has 1 saturated carbocycles. The van der Waals surface area contributed by atoms with Crippen molar-refractivity contribution in [1.29, 1.82) is 0 Å². The fraction of sp³-hybridized carbons (Fsp3) is 0.750. The fourth-order valence-corrected chi connectivity index (χ4v) is 2.54. The number of hydrogen-bond donors (Lipinski definition) is 2. The molecule has 1 fully saturated rings. The van der Waals surface area contributed by atoms with Crippen LogP contribution in [0.4, 0.5) is 0 Å². The molecule has 0 bridgehead atoms. The second kappa shape index (κ2) is 8.88. The van der Waals surface area contributed by atoms with Crippen molar-refractivity contribution in [3.8, 4) is 0 Å². The van der Waals surface area contributed by atoms with Gasteiger partial charge < -0.3 is 24.4 Å². The van der Waals surface area contributed by atoms with Crippen LogP contribution in [0.5, 0.6) is 0 Å². The molecule has 0 heterocycles. The van der Waals surface area contributed by atoms with Crippen LogP contribution in [0.1, 0.15) is 40.0 Å². The maximum absolute atomic E-state index is 11.8. The van der Waals surface area contributed by atoms with Crippen LogP contribution < -0.4 is 0 Å². The average molecular weight is 330 g/mol. The Morgan fingerprint density at radius 2 is 1.87 bits per heavy atom. The number of carbonyl (C=O) groups is 2. The van der Waals surface area contributed by atoms with E-state index in [0.717, 1.165) is 12.8 Å². The van der Waals surface area contributed by atoms with E-state index in [-0.39, 0.29) is 19.1 Å². The maximum atomic E-state index is 11.8. The summed E-state index contributed by atoms with van der Waals surface area (Å²) in [5.41, 5.74) is -0.820. The highest BCUT2D eigenvalue weighted by Gasteiger charge is 2.37. The smallest absolute Gasteiger partial charge is 0.350 e. The van der Waals surface area contributed by atoms with Gasteiger partial charge in [0, 0.05) is 5.92 Å².